The van der Waals surface area contributed by atoms with Gasteiger partial charge in [-0.25, -0.2) is 0 Å². The number of rotatable bonds is 0. The fraction of sp³-hybridized carbons (Fsp3) is 0.182. The molecule has 0 saturated carbocycles. The van der Waals surface area contributed by atoms with Crippen molar-refractivity contribution in [2.45, 2.75) is 0 Å². The van der Waals surface area contributed by atoms with Crippen LogP contribution in [-0.4, -0.2) is 13.3 Å². The van der Waals surface area contributed by atoms with E-state index < -0.39 is 0 Å². The SMILES string of the molecule is CPC.[Cl-].[Cl-].[Zr+3].c1ccc2[cH-]ccc2c1. The maximum Gasteiger partial charge on any atom is 3.00 e. The molecule has 0 nitrogen and oxygen atoms in total. The molecule has 0 N–H and O–H groups in total. The Morgan fingerprint density at radius 2 is 1.53 bits per heavy atom. The summed E-state index contributed by atoms with van der Waals surface area (Å²) in [4.78, 5) is 0. The molecule has 0 bridgehead atoms. The van der Waals surface area contributed by atoms with Gasteiger partial charge in [0.15, 0.2) is 0 Å². The third kappa shape index (κ3) is 7.59. The summed E-state index contributed by atoms with van der Waals surface area (Å²) in [5, 5.41) is 2.66. The van der Waals surface area contributed by atoms with E-state index in [4.69, 9.17) is 0 Å². The van der Waals surface area contributed by atoms with Crippen LogP contribution in [0.2, 0.25) is 0 Å². The van der Waals surface area contributed by atoms with Crippen LogP contribution >= 0.6 is 8.58 Å². The minimum atomic E-state index is 0. The first-order valence-corrected chi connectivity index (χ1v) is 6.07. The average molecular weight is 339 g/mol. The van der Waals surface area contributed by atoms with E-state index in [0.29, 0.717) is 0 Å². The second-order valence-electron chi connectivity index (χ2n) is 2.65. The monoisotopic (exact) mass is 337 g/mol. The molecule has 0 spiro atoms. The smallest absolute Gasteiger partial charge is 1.00 e. The molecule has 2 aromatic rings. The topological polar surface area (TPSA) is 0 Å². The van der Waals surface area contributed by atoms with E-state index in [1.165, 1.54) is 10.8 Å². The van der Waals surface area contributed by atoms with Crippen molar-refractivity contribution in [3.05, 3.63) is 42.5 Å². The van der Waals surface area contributed by atoms with Crippen LogP contribution in [0.15, 0.2) is 42.5 Å². The van der Waals surface area contributed by atoms with Crippen molar-refractivity contribution in [3.8, 4) is 0 Å². The summed E-state index contributed by atoms with van der Waals surface area (Å²) in [7, 11) is 1.08. The summed E-state index contributed by atoms with van der Waals surface area (Å²) >= 11 is 0. The van der Waals surface area contributed by atoms with Gasteiger partial charge in [0.1, 0.15) is 0 Å². The van der Waals surface area contributed by atoms with Crippen LogP contribution < -0.4 is 24.8 Å². The molecule has 0 aliphatic rings. The van der Waals surface area contributed by atoms with E-state index in [1.807, 2.05) is 0 Å². The van der Waals surface area contributed by atoms with E-state index in [1.54, 1.807) is 0 Å². The zero-order valence-electron chi connectivity index (χ0n) is 8.80. The first-order chi connectivity index (χ1) is 5.88. The molecule has 0 heterocycles. The van der Waals surface area contributed by atoms with Crippen LogP contribution in [0.1, 0.15) is 0 Å². The van der Waals surface area contributed by atoms with Crippen LogP contribution in [0.5, 0.6) is 0 Å². The van der Waals surface area contributed by atoms with Gasteiger partial charge in [0.2, 0.25) is 0 Å². The van der Waals surface area contributed by atoms with Gasteiger partial charge in [-0.3, -0.25) is 0 Å². The normalized spacial score (nSPS) is 7.33. The minimum Gasteiger partial charge on any atom is -1.00 e. The molecular weight excluding hydrogens is 325 g/mol. The zero-order chi connectivity index (χ0) is 8.81. The van der Waals surface area contributed by atoms with Crippen LogP contribution in [0.25, 0.3) is 10.8 Å². The zero-order valence-corrected chi connectivity index (χ0v) is 13.8. The summed E-state index contributed by atoms with van der Waals surface area (Å²) < 4.78 is 0. The number of hydrogen-bond donors (Lipinski definition) is 0. The summed E-state index contributed by atoms with van der Waals surface area (Å²) in [6.45, 7) is 4.31. The van der Waals surface area contributed by atoms with Gasteiger partial charge in [-0.05, 0) is 13.3 Å². The molecule has 0 unspecified atom stereocenters. The minimum absolute atomic E-state index is 0. The summed E-state index contributed by atoms with van der Waals surface area (Å²) in [5.41, 5.74) is 0. The molecule has 4 heteroatoms. The largest absolute Gasteiger partial charge is 3.00 e. The third-order valence-electron chi connectivity index (χ3n) is 1.55. The van der Waals surface area contributed by atoms with Crippen molar-refractivity contribution in [1.29, 1.82) is 0 Å². The van der Waals surface area contributed by atoms with Crippen LogP contribution in [-0.2, 0) is 26.2 Å². The Bertz CT molecular complexity index is 306. The maximum absolute atomic E-state index is 2.15. The van der Waals surface area contributed by atoms with Crippen molar-refractivity contribution in [2.75, 3.05) is 13.3 Å². The van der Waals surface area contributed by atoms with Gasteiger partial charge in [-0.15, -0.1) is 38.2 Å². The van der Waals surface area contributed by atoms with E-state index in [0.717, 1.165) is 8.58 Å². The van der Waals surface area contributed by atoms with Gasteiger partial charge < -0.3 is 24.8 Å². The molecule has 81 valence electrons. The van der Waals surface area contributed by atoms with Gasteiger partial charge in [-0.2, -0.15) is 17.5 Å². The molecule has 0 atom stereocenters. The van der Waals surface area contributed by atoms with Crippen LogP contribution in [0, 0.1) is 0 Å². The Hall–Kier alpha value is 0.723. The molecule has 1 radical (unpaired) electrons. The van der Waals surface area contributed by atoms with Crippen molar-refractivity contribution < 1.29 is 51.0 Å². The molecule has 15 heavy (non-hydrogen) atoms. The molecule has 0 aromatic heterocycles. The second kappa shape index (κ2) is 12.8. The fourth-order valence-electron chi connectivity index (χ4n) is 1.07. The van der Waals surface area contributed by atoms with Gasteiger partial charge in [0, 0.05) is 0 Å². The Morgan fingerprint density at radius 1 is 1.00 bits per heavy atom. The van der Waals surface area contributed by atoms with E-state index in [-0.39, 0.29) is 51.0 Å². The number of fused-ring (bicyclic) bond motifs is 1. The van der Waals surface area contributed by atoms with Crippen LogP contribution in [0.3, 0.4) is 0 Å². The standard InChI is InChI=1S/C9H7.C2H7P.2ClH.Zr/c1-2-5-9-7-3-6-8(9)4-1;1-3-2;;;/h1-7H;3H,1-2H3;2*1H;/q-1;;;;+3/p-2. The average Bonchev–Trinajstić information content (AvgIpc) is 2.52. The summed E-state index contributed by atoms with van der Waals surface area (Å²) in [6.07, 6.45) is 0. The van der Waals surface area contributed by atoms with Gasteiger partial charge in [0.25, 0.3) is 0 Å². The molecule has 0 saturated heterocycles. The Kier molecular flexibility index (Phi) is 18.0. The van der Waals surface area contributed by atoms with Crippen molar-refractivity contribution in [1.82, 2.24) is 0 Å². The number of hydrogen-bond acceptors (Lipinski definition) is 0. The van der Waals surface area contributed by atoms with E-state index >= 15 is 0 Å². The fourth-order valence-corrected chi connectivity index (χ4v) is 1.07. The maximum atomic E-state index is 2.15. The molecule has 0 aliphatic carbocycles. The Morgan fingerprint density at radius 3 is 2.07 bits per heavy atom. The molecule has 2 rings (SSSR count). The molecule has 0 fully saturated rings. The van der Waals surface area contributed by atoms with Crippen molar-refractivity contribution >= 4 is 19.4 Å². The predicted molar refractivity (Wildman–Crippen MR) is 59.7 cm³/mol. The summed E-state index contributed by atoms with van der Waals surface area (Å²) in [5.74, 6) is 0. The quantitative estimate of drug-likeness (QED) is 0.367. The first-order valence-electron chi connectivity index (χ1n) is 4.07. The molecule has 0 amide bonds. The van der Waals surface area contributed by atoms with Gasteiger partial charge in [0.05, 0.1) is 0 Å². The van der Waals surface area contributed by atoms with Crippen molar-refractivity contribution in [3.63, 3.8) is 0 Å². The van der Waals surface area contributed by atoms with Crippen LogP contribution in [0.4, 0.5) is 0 Å². The van der Waals surface area contributed by atoms with E-state index in [2.05, 4.69) is 55.8 Å². The number of halogens is 2. The van der Waals surface area contributed by atoms with Gasteiger partial charge in [-0.1, -0.05) is 6.07 Å². The third-order valence-corrected chi connectivity index (χ3v) is 1.55. The first kappa shape index (κ1) is 21.1. The second-order valence-corrected chi connectivity index (χ2v) is 3.65. The van der Waals surface area contributed by atoms with Crippen molar-refractivity contribution in [2.24, 2.45) is 0 Å². The Balaban J connectivity index is -0.000000220. The molecular formula is C11H14Cl2PZr. The van der Waals surface area contributed by atoms with Gasteiger partial charge >= 0.3 is 26.2 Å². The molecule has 2 aromatic carbocycles. The Labute approximate surface area is 125 Å². The van der Waals surface area contributed by atoms with E-state index in [9.17, 15) is 0 Å². The number of benzene rings is 1. The molecule has 0 aliphatic heterocycles. The summed E-state index contributed by atoms with van der Waals surface area (Å²) in [6, 6.07) is 14.7. The predicted octanol–water partition coefficient (Wildman–Crippen LogP) is -2.51.